The van der Waals surface area contributed by atoms with E-state index in [1.54, 1.807) is 6.08 Å². The fraction of sp³-hybridized carbons (Fsp3) is 0.111. The first-order chi connectivity index (χ1) is 10.6. The molecule has 3 nitrogen and oxygen atoms in total. The van der Waals surface area contributed by atoms with Crippen molar-refractivity contribution in [1.29, 1.82) is 0 Å². The highest BCUT2D eigenvalue weighted by atomic mass is 32.1. The quantitative estimate of drug-likeness (QED) is 0.669. The van der Waals surface area contributed by atoms with E-state index in [0.29, 0.717) is 5.11 Å². The van der Waals surface area contributed by atoms with Crippen molar-refractivity contribution >= 4 is 35.0 Å². The number of thiocarbonyl (C=S) groups is 1. The number of carbonyl (C=O) groups excluding carboxylic acids is 1. The van der Waals surface area contributed by atoms with Gasteiger partial charge in [-0.3, -0.25) is 10.1 Å². The van der Waals surface area contributed by atoms with Crippen molar-refractivity contribution in [3.63, 3.8) is 0 Å². The van der Waals surface area contributed by atoms with E-state index in [9.17, 15) is 4.79 Å². The van der Waals surface area contributed by atoms with Crippen LogP contribution in [0.2, 0.25) is 0 Å². The van der Waals surface area contributed by atoms with Crippen molar-refractivity contribution < 1.29 is 4.79 Å². The highest BCUT2D eigenvalue weighted by Gasteiger charge is 2.05. The molecule has 0 fully saturated rings. The van der Waals surface area contributed by atoms with Gasteiger partial charge < -0.3 is 5.32 Å². The molecule has 2 rings (SSSR count). The van der Waals surface area contributed by atoms with Gasteiger partial charge in [-0.05, 0) is 48.8 Å². The van der Waals surface area contributed by atoms with E-state index in [0.717, 1.165) is 22.4 Å². The Morgan fingerprint density at radius 1 is 1.00 bits per heavy atom. The summed E-state index contributed by atoms with van der Waals surface area (Å²) < 4.78 is 0. The Labute approximate surface area is 136 Å². The van der Waals surface area contributed by atoms with Gasteiger partial charge in [0.15, 0.2) is 5.11 Å². The molecule has 0 aliphatic rings. The van der Waals surface area contributed by atoms with Crippen LogP contribution in [0.4, 0.5) is 5.69 Å². The topological polar surface area (TPSA) is 41.1 Å². The lowest BCUT2D eigenvalue weighted by Crippen LogP contribution is -2.33. The second kappa shape index (κ2) is 7.52. The maximum Gasteiger partial charge on any atom is 0.250 e. The summed E-state index contributed by atoms with van der Waals surface area (Å²) in [4.78, 5) is 11.9. The molecule has 0 bridgehead atoms. The number of anilines is 1. The third kappa shape index (κ3) is 4.53. The zero-order chi connectivity index (χ0) is 15.9. The monoisotopic (exact) mass is 310 g/mol. The van der Waals surface area contributed by atoms with Gasteiger partial charge in [-0.15, -0.1) is 0 Å². The number of nitrogens with one attached hydrogen (secondary N) is 2. The molecule has 0 saturated heterocycles. The third-order valence-corrected chi connectivity index (χ3v) is 3.39. The molecule has 0 unspecified atom stereocenters. The Kier molecular flexibility index (Phi) is 5.44. The standard InChI is InChI=1S/C18H18N2OS/c1-13-7-6-8-14(2)17(13)20-18(22)19-16(21)12-11-15-9-4-3-5-10-15/h3-12H,1-2H3,(H2,19,20,21,22). The van der Waals surface area contributed by atoms with Crippen molar-refractivity contribution in [2.75, 3.05) is 5.32 Å². The molecule has 2 aromatic rings. The van der Waals surface area contributed by atoms with Crippen LogP contribution in [-0.4, -0.2) is 11.0 Å². The van der Waals surface area contributed by atoms with Gasteiger partial charge >= 0.3 is 0 Å². The van der Waals surface area contributed by atoms with E-state index in [-0.39, 0.29) is 5.91 Å². The molecule has 0 aromatic heterocycles. The fourth-order valence-electron chi connectivity index (χ4n) is 2.05. The molecule has 0 spiro atoms. The molecule has 2 N–H and O–H groups in total. The molecular formula is C18H18N2OS. The maximum atomic E-state index is 11.9. The van der Waals surface area contributed by atoms with E-state index < -0.39 is 0 Å². The van der Waals surface area contributed by atoms with Gasteiger partial charge in [-0.25, -0.2) is 0 Å². The van der Waals surface area contributed by atoms with Gasteiger partial charge in [-0.2, -0.15) is 0 Å². The molecule has 0 heterocycles. The first kappa shape index (κ1) is 15.9. The Balaban J connectivity index is 1.95. The minimum Gasteiger partial charge on any atom is -0.332 e. The minimum absolute atomic E-state index is 0.257. The van der Waals surface area contributed by atoms with Crippen molar-refractivity contribution in [1.82, 2.24) is 5.32 Å². The molecule has 0 saturated carbocycles. The van der Waals surface area contributed by atoms with Crippen LogP contribution in [0.1, 0.15) is 16.7 Å². The number of para-hydroxylation sites is 1. The van der Waals surface area contributed by atoms with E-state index in [1.165, 1.54) is 6.08 Å². The van der Waals surface area contributed by atoms with Crippen LogP contribution in [0.25, 0.3) is 6.08 Å². The molecule has 112 valence electrons. The number of hydrogen-bond donors (Lipinski definition) is 2. The Bertz CT molecular complexity index is 688. The SMILES string of the molecule is Cc1cccc(C)c1NC(=S)NC(=O)C=Cc1ccccc1. The van der Waals surface area contributed by atoms with Crippen molar-refractivity contribution in [2.45, 2.75) is 13.8 Å². The van der Waals surface area contributed by atoms with Crippen LogP contribution in [0, 0.1) is 13.8 Å². The third-order valence-electron chi connectivity index (χ3n) is 3.18. The van der Waals surface area contributed by atoms with Crippen LogP contribution in [-0.2, 0) is 4.79 Å². The van der Waals surface area contributed by atoms with Crippen LogP contribution < -0.4 is 10.6 Å². The van der Waals surface area contributed by atoms with Gasteiger partial charge in [0.1, 0.15) is 0 Å². The fourth-order valence-corrected chi connectivity index (χ4v) is 2.25. The first-order valence-electron chi connectivity index (χ1n) is 6.97. The summed E-state index contributed by atoms with van der Waals surface area (Å²) in [6, 6.07) is 15.6. The Hall–Kier alpha value is -2.46. The van der Waals surface area contributed by atoms with Gasteiger partial charge in [0, 0.05) is 11.8 Å². The second-order valence-electron chi connectivity index (χ2n) is 4.95. The lowest BCUT2D eigenvalue weighted by molar-refractivity contribution is -0.115. The van der Waals surface area contributed by atoms with Crippen LogP contribution in [0.3, 0.4) is 0 Å². The zero-order valence-electron chi connectivity index (χ0n) is 12.6. The van der Waals surface area contributed by atoms with Gasteiger partial charge in [0.05, 0.1) is 0 Å². The molecule has 22 heavy (non-hydrogen) atoms. The van der Waals surface area contributed by atoms with Crippen molar-refractivity contribution in [3.05, 3.63) is 71.3 Å². The number of rotatable bonds is 3. The largest absolute Gasteiger partial charge is 0.332 e. The summed E-state index contributed by atoms with van der Waals surface area (Å²) in [5.74, 6) is -0.257. The predicted molar refractivity (Wildman–Crippen MR) is 95.8 cm³/mol. The van der Waals surface area contributed by atoms with Crippen molar-refractivity contribution in [3.8, 4) is 0 Å². The molecule has 0 radical (unpaired) electrons. The van der Waals surface area contributed by atoms with Crippen molar-refractivity contribution in [2.24, 2.45) is 0 Å². The average molecular weight is 310 g/mol. The number of hydrogen-bond acceptors (Lipinski definition) is 2. The van der Waals surface area contributed by atoms with Gasteiger partial charge in [-0.1, -0.05) is 48.5 Å². The van der Waals surface area contributed by atoms with E-state index in [4.69, 9.17) is 12.2 Å². The molecule has 0 aliphatic heterocycles. The predicted octanol–water partition coefficient (Wildman–Crippen LogP) is 3.83. The van der Waals surface area contributed by atoms with E-state index >= 15 is 0 Å². The summed E-state index contributed by atoms with van der Waals surface area (Å²) in [7, 11) is 0. The molecule has 0 atom stereocenters. The molecular weight excluding hydrogens is 292 g/mol. The lowest BCUT2D eigenvalue weighted by Gasteiger charge is -2.13. The van der Waals surface area contributed by atoms with E-state index in [2.05, 4.69) is 10.6 Å². The maximum absolute atomic E-state index is 11.9. The van der Waals surface area contributed by atoms with Gasteiger partial charge in [0.2, 0.25) is 5.91 Å². The molecule has 1 amide bonds. The highest BCUT2D eigenvalue weighted by molar-refractivity contribution is 7.80. The summed E-state index contributed by atoms with van der Waals surface area (Å²) in [6.45, 7) is 3.99. The molecule has 0 aliphatic carbocycles. The first-order valence-corrected chi connectivity index (χ1v) is 7.38. The summed E-state index contributed by atoms with van der Waals surface area (Å²) in [5.41, 5.74) is 4.05. The van der Waals surface area contributed by atoms with E-state index in [1.807, 2.05) is 62.4 Å². The summed E-state index contributed by atoms with van der Waals surface area (Å²) in [5, 5.41) is 6.01. The second-order valence-corrected chi connectivity index (χ2v) is 5.36. The van der Waals surface area contributed by atoms with Crippen LogP contribution in [0.5, 0.6) is 0 Å². The zero-order valence-corrected chi connectivity index (χ0v) is 13.4. The number of amides is 1. The Morgan fingerprint density at radius 3 is 2.27 bits per heavy atom. The Morgan fingerprint density at radius 2 is 1.64 bits per heavy atom. The van der Waals surface area contributed by atoms with Crippen LogP contribution >= 0.6 is 12.2 Å². The average Bonchev–Trinajstić information content (AvgIpc) is 2.50. The molecule has 2 aromatic carbocycles. The number of aryl methyl sites for hydroxylation is 2. The number of carbonyl (C=O) groups is 1. The van der Waals surface area contributed by atoms with Crippen LogP contribution in [0.15, 0.2) is 54.6 Å². The number of benzene rings is 2. The summed E-state index contributed by atoms with van der Waals surface area (Å²) in [6.07, 6.45) is 3.21. The smallest absolute Gasteiger partial charge is 0.250 e. The normalized spacial score (nSPS) is 10.5. The van der Waals surface area contributed by atoms with Gasteiger partial charge in [0.25, 0.3) is 0 Å². The highest BCUT2D eigenvalue weighted by Crippen LogP contribution is 2.19. The molecule has 4 heteroatoms. The lowest BCUT2D eigenvalue weighted by atomic mass is 10.1. The minimum atomic E-state index is -0.257. The summed E-state index contributed by atoms with van der Waals surface area (Å²) >= 11 is 5.19.